The molecule has 0 aliphatic rings. The average molecular weight is 281 g/mol. The summed E-state index contributed by atoms with van der Waals surface area (Å²) in [5.74, 6) is -0.293. The van der Waals surface area contributed by atoms with Crippen LogP contribution in [0.2, 0.25) is 0 Å². The minimum Gasteiger partial charge on any atom is -0.476 e. The van der Waals surface area contributed by atoms with Crippen LogP contribution < -0.4 is 0 Å². The van der Waals surface area contributed by atoms with E-state index in [0.29, 0.717) is 24.5 Å². The summed E-state index contributed by atoms with van der Waals surface area (Å²) in [6, 6.07) is 3.72. The fourth-order valence-electron chi connectivity index (χ4n) is 1.65. The molecular weight excluding hydrogens is 266 g/mol. The van der Waals surface area contributed by atoms with Crippen molar-refractivity contribution >= 4 is 17.3 Å². The zero-order chi connectivity index (χ0) is 13.8. The molecule has 6 heteroatoms. The SMILES string of the molecule is COC(C)CCc1oc(-c2cccs2)nc1C(=O)O. The predicted octanol–water partition coefficient (Wildman–Crippen LogP) is 3.07. The summed E-state index contributed by atoms with van der Waals surface area (Å²) in [6.45, 7) is 1.93. The van der Waals surface area contributed by atoms with Crippen molar-refractivity contribution in [2.75, 3.05) is 7.11 Å². The average Bonchev–Trinajstić information content (AvgIpc) is 3.03. The molecule has 0 radical (unpaired) electrons. The summed E-state index contributed by atoms with van der Waals surface area (Å²) in [6.07, 6.45) is 1.24. The molecule has 1 unspecified atom stereocenters. The van der Waals surface area contributed by atoms with Crippen molar-refractivity contribution in [3.8, 4) is 10.8 Å². The fourth-order valence-corrected chi connectivity index (χ4v) is 2.30. The van der Waals surface area contributed by atoms with Gasteiger partial charge in [-0.3, -0.25) is 0 Å². The number of carbonyl (C=O) groups is 1. The van der Waals surface area contributed by atoms with Crippen LogP contribution in [0.25, 0.3) is 10.8 Å². The lowest BCUT2D eigenvalue weighted by Gasteiger charge is -2.07. The molecule has 2 aromatic heterocycles. The van der Waals surface area contributed by atoms with Crippen LogP contribution in [0.4, 0.5) is 0 Å². The van der Waals surface area contributed by atoms with E-state index in [1.54, 1.807) is 7.11 Å². The van der Waals surface area contributed by atoms with Gasteiger partial charge < -0.3 is 14.3 Å². The summed E-state index contributed by atoms with van der Waals surface area (Å²) in [5.41, 5.74) is -0.00768. The molecule has 19 heavy (non-hydrogen) atoms. The van der Waals surface area contributed by atoms with Crippen LogP contribution in [0.15, 0.2) is 21.9 Å². The third-order valence-corrected chi connectivity index (χ3v) is 3.67. The molecule has 2 aromatic rings. The van der Waals surface area contributed by atoms with Crippen molar-refractivity contribution in [2.24, 2.45) is 0 Å². The molecule has 0 aliphatic heterocycles. The van der Waals surface area contributed by atoms with Gasteiger partial charge in [-0.05, 0) is 24.8 Å². The number of thiophene rings is 1. The van der Waals surface area contributed by atoms with Crippen LogP contribution in [-0.4, -0.2) is 29.3 Å². The molecular formula is C13H15NO4S. The van der Waals surface area contributed by atoms with Crippen molar-refractivity contribution in [3.63, 3.8) is 0 Å². The number of carboxylic acid groups (broad SMARTS) is 1. The number of aromatic nitrogens is 1. The molecule has 0 aromatic carbocycles. The Hall–Kier alpha value is -1.66. The summed E-state index contributed by atoms with van der Waals surface area (Å²) < 4.78 is 10.7. The van der Waals surface area contributed by atoms with Gasteiger partial charge >= 0.3 is 5.97 Å². The number of rotatable bonds is 6. The van der Waals surface area contributed by atoms with E-state index < -0.39 is 5.97 Å². The first-order chi connectivity index (χ1) is 9.11. The van der Waals surface area contributed by atoms with E-state index in [4.69, 9.17) is 14.3 Å². The number of methoxy groups -OCH3 is 1. The van der Waals surface area contributed by atoms with Gasteiger partial charge in [0.05, 0.1) is 11.0 Å². The molecule has 0 bridgehead atoms. The Kier molecular flexibility index (Phi) is 4.34. The van der Waals surface area contributed by atoms with Crippen molar-refractivity contribution in [3.05, 3.63) is 29.0 Å². The van der Waals surface area contributed by atoms with Gasteiger partial charge in [0.1, 0.15) is 5.76 Å². The third kappa shape index (κ3) is 3.21. The van der Waals surface area contributed by atoms with Crippen LogP contribution in [0, 0.1) is 0 Å². The number of hydrogen-bond acceptors (Lipinski definition) is 5. The predicted molar refractivity (Wildman–Crippen MR) is 71.6 cm³/mol. The first kappa shape index (κ1) is 13.8. The second-order valence-electron chi connectivity index (χ2n) is 4.16. The van der Waals surface area contributed by atoms with E-state index in [2.05, 4.69) is 4.98 Å². The van der Waals surface area contributed by atoms with Crippen LogP contribution in [-0.2, 0) is 11.2 Å². The number of aromatic carboxylic acids is 1. The van der Waals surface area contributed by atoms with Gasteiger partial charge in [-0.1, -0.05) is 6.07 Å². The number of aryl methyl sites for hydroxylation is 1. The molecule has 1 N–H and O–H groups in total. The molecule has 0 spiro atoms. The molecule has 0 saturated heterocycles. The highest BCUT2D eigenvalue weighted by Crippen LogP contribution is 2.27. The summed E-state index contributed by atoms with van der Waals surface area (Å²) in [7, 11) is 1.63. The van der Waals surface area contributed by atoms with Crippen molar-refractivity contribution in [1.82, 2.24) is 4.98 Å². The zero-order valence-corrected chi connectivity index (χ0v) is 11.6. The lowest BCUT2D eigenvalue weighted by atomic mass is 10.1. The number of oxazole rings is 1. The highest BCUT2D eigenvalue weighted by Gasteiger charge is 2.20. The molecule has 2 heterocycles. The van der Waals surface area contributed by atoms with Crippen LogP contribution in [0.1, 0.15) is 29.6 Å². The highest BCUT2D eigenvalue weighted by molar-refractivity contribution is 7.13. The lowest BCUT2D eigenvalue weighted by molar-refractivity contribution is 0.0687. The lowest BCUT2D eigenvalue weighted by Crippen LogP contribution is -2.08. The third-order valence-electron chi connectivity index (χ3n) is 2.81. The molecule has 0 amide bonds. The van der Waals surface area contributed by atoms with E-state index in [1.165, 1.54) is 11.3 Å². The maximum atomic E-state index is 11.2. The smallest absolute Gasteiger partial charge is 0.358 e. The van der Waals surface area contributed by atoms with Crippen LogP contribution >= 0.6 is 11.3 Å². The maximum absolute atomic E-state index is 11.2. The highest BCUT2D eigenvalue weighted by atomic mass is 32.1. The zero-order valence-electron chi connectivity index (χ0n) is 10.8. The Balaban J connectivity index is 2.23. The summed E-state index contributed by atoms with van der Waals surface area (Å²) in [4.78, 5) is 16.1. The number of ether oxygens (including phenoxy) is 1. The second kappa shape index (κ2) is 5.99. The molecule has 0 aliphatic carbocycles. The van der Waals surface area contributed by atoms with Crippen molar-refractivity contribution in [1.29, 1.82) is 0 Å². The van der Waals surface area contributed by atoms with E-state index in [-0.39, 0.29) is 11.8 Å². The molecule has 5 nitrogen and oxygen atoms in total. The van der Waals surface area contributed by atoms with Crippen molar-refractivity contribution < 1.29 is 19.1 Å². The molecule has 102 valence electrons. The number of hydrogen-bond donors (Lipinski definition) is 1. The standard InChI is InChI=1S/C13H15NO4S/c1-8(17-2)5-6-9-11(13(15)16)14-12(18-9)10-4-3-7-19-10/h3-4,7-8H,5-6H2,1-2H3,(H,15,16). The molecule has 1 atom stereocenters. The summed E-state index contributed by atoms with van der Waals surface area (Å²) in [5, 5.41) is 11.0. The Labute approximate surface area is 114 Å². The van der Waals surface area contributed by atoms with Gasteiger partial charge in [-0.25, -0.2) is 9.78 Å². The normalized spacial score (nSPS) is 12.5. The van der Waals surface area contributed by atoms with E-state index in [0.717, 1.165) is 4.88 Å². The Morgan fingerprint density at radius 2 is 2.42 bits per heavy atom. The second-order valence-corrected chi connectivity index (χ2v) is 5.11. The molecule has 0 fully saturated rings. The Morgan fingerprint density at radius 1 is 1.63 bits per heavy atom. The minimum atomic E-state index is -1.06. The van der Waals surface area contributed by atoms with E-state index in [1.807, 2.05) is 24.4 Å². The Bertz CT molecular complexity index is 547. The van der Waals surface area contributed by atoms with E-state index in [9.17, 15) is 4.79 Å². The van der Waals surface area contributed by atoms with Gasteiger partial charge in [0.25, 0.3) is 0 Å². The van der Waals surface area contributed by atoms with Crippen molar-refractivity contribution in [2.45, 2.75) is 25.9 Å². The largest absolute Gasteiger partial charge is 0.476 e. The fraction of sp³-hybridized carbons (Fsp3) is 0.385. The Morgan fingerprint density at radius 3 is 3.00 bits per heavy atom. The van der Waals surface area contributed by atoms with E-state index >= 15 is 0 Å². The summed E-state index contributed by atoms with van der Waals surface area (Å²) >= 11 is 1.46. The number of carboxylic acids is 1. The van der Waals surface area contributed by atoms with Gasteiger partial charge in [0, 0.05) is 13.5 Å². The quantitative estimate of drug-likeness (QED) is 0.881. The van der Waals surface area contributed by atoms with Crippen LogP contribution in [0.5, 0.6) is 0 Å². The van der Waals surface area contributed by atoms with Gasteiger partial charge in [0.15, 0.2) is 5.69 Å². The van der Waals surface area contributed by atoms with Gasteiger partial charge in [0.2, 0.25) is 5.89 Å². The monoisotopic (exact) mass is 281 g/mol. The number of nitrogens with zero attached hydrogens (tertiary/aromatic N) is 1. The topological polar surface area (TPSA) is 72.6 Å². The first-order valence-electron chi connectivity index (χ1n) is 5.91. The maximum Gasteiger partial charge on any atom is 0.358 e. The minimum absolute atomic E-state index is 0.00768. The first-order valence-corrected chi connectivity index (χ1v) is 6.79. The van der Waals surface area contributed by atoms with Crippen LogP contribution in [0.3, 0.4) is 0 Å². The van der Waals surface area contributed by atoms with Gasteiger partial charge in [-0.15, -0.1) is 11.3 Å². The molecule has 2 rings (SSSR count). The van der Waals surface area contributed by atoms with Gasteiger partial charge in [-0.2, -0.15) is 0 Å². The molecule has 0 saturated carbocycles.